The second-order valence-corrected chi connectivity index (χ2v) is 8.75. The Hall–Kier alpha value is -5.30. The summed E-state index contributed by atoms with van der Waals surface area (Å²) in [6.45, 7) is 0. The molecule has 4 aromatic carbocycles. The maximum Gasteiger partial charge on any atom is 0.336 e. The van der Waals surface area contributed by atoms with Gasteiger partial charge in [-0.2, -0.15) is 5.10 Å². The third kappa shape index (κ3) is 5.83. The highest BCUT2D eigenvalue weighted by molar-refractivity contribution is 6.17. The molecular formula is C32H26N4O3. The summed E-state index contributed by atoms with van der Waals surface area (Å²) in [6.07, 6.45) is 0.517. The SMILES string of the molecule is COc1ccccc1Cc1cc(-c2ccccc2)nnc1N/N=C(/c1ccccc1)c1ccccc1C(=O)O. The first-order chi connectivity index (χ1) is 19.1. The van der Waals surface area contributed by atoms with E-state index < -0.39 is 5.97 Å². The van der Waals surface area contributed by atoms with Gasteiger partial charge in [0.2, 0.25) is 0 Å². The predicted molar refractivity (Wildman–Crippen MR) is 152 cm³/mol. The van der Waals surface area contributed by atoms with Crippen LogP contribution in [0.1, 0.15) is 32.6 Å². The van der Waals surface area contributed by atoms with Crippen molar-refractivity contribution in [1.82, 2.24) is 10.2 Å². The molecule has 0 fully saturated rings. The van der Waals surface area contributed by atoms with E-state index in [1.54, 1.807) is 31.4 Å². The summed E-state index contributed by atoms with van der Waals surface area (Å²) in [6, 6.07) is 35.9. The molecule has 192 valence electrons. The van der Waals surface area contributed by atoms with Gasteiger partial charge < -0.3 is 9.84 Å². The summed E-state index contributed by atoms with van der Waals surface area (Å²) in [5.74, 6) is 0.199. The summed E-state index contributed by atoms with van der Waals surface area (Å²) in [5.41, 5.74) is 8.50. The van der Waals surface area contributed by atoms with Gasteiger partial charge in [-0.25, -0.2) is 4.79 Å². The minimum absolute atomic E-state index is 0.154. The standard InChI is InChI=1S/C32H26N4O3/c1-39-29-19-11-8-16-24(29)20-25-21-28(22-12-4-2-5-13-22)33-35-31(25)36-34-30(23-14-6-3-7-15-23)26-17-9-10-18-27(26)32(37)38/h2-19,21H,20H2,1H3,(H,35,36)(H,37,38)/b34-30-. The molecule has 1 aromatic heterocycles. The fourth-order valence-electron chi connectivity index (χ4n) is 4.32. The van der Waals surface area contributed by atoms with Crippen LogP contribution in [-0.4, -0.2) is 34.1 Å². The van der Waals surface area contributed by atoms with E-state index in [-0.39, 0.29) is 5.56 Å². The lowest BCUT2D eigenvalue weighted by Gasteiger charge is -2.14. The summed E-state index contributed by atoms with van der Waals surface area (Å²) in [7, 11) is 1.65. The average Bonchev–Trinajstić information content (AvgIpc) is 2.99. The number of aromatic nitrogens is 2. The van der Waals surface area contributed by atoms with E-state index in [2.05, 4.69) is 15.6 Å². The maximum atomic E-state index is 12.0. The van der Waals surface area contributed by atoms with Crippen molar-refractivity contribution >= 4 is 17.5 Å². The van der Waals surface area contributed by atoms with Gasteiger partial charge in [-0.3, -0.25) is 5.43 Å². The van der Waals surface area contributed by atoms with Crippen molar-refractivity contribution in [2.75, 3.05) is 12.5 Å². The quantitative estimate of drug-likeness (QED) is 0.177. The van der Waals surface area contributed by atoms with Gasteiger partial charge in [0.05, 0.1) is 24.1 Å². The number of anilines is 1. The van der Waals surface area contributed by atoms with Gasteiger partial charge in [0.1, 0.15) is 5.75 Å². The Morgan fingerprint density at radius 3 is 2.15 bits per heavy atom. The first-order valence-electron chi connectivity index (χ1n) is 12.4. The highest BCUT2D eigenvalue weighted by Crippen LogP contribution is 2.27. The maximum absolute atomic E-state index is 12.0. The number of ether oxygens (including phenoxy) is 1. The zero-order valence-electron chi connectivity index (χ0n) is 21.3. The monoisotopic (exact) mass is 514 g/mol. The Kier molecular flexibility index (Phi) is 7.69. The first kappa shape index (κ1) is 25.4. The molecule has 0 saturated heterocycles. The van der Waals surface area contributed by atoms with Crippen molar-refractivity contribution in [1.29, 1.82) is 0 Å². The van der Waals surface area contributed by atoms with Crippen LogP contribution in [0.5, 0.6) is 5.75 Å². The van der Waals surface area contributed by atoms with Gasteiger partial charge in [0.15, 0.2) is 5.82 Å². The molecule has 39 heavy (non-hydrogen) atoms. The van der Waals surface area contributed by atoms with Crippen molar-refractivity contribution in [3.8, 4) is 17.0 Å². The van der Waals surface area contributed by atoms with Crippen LogP contribution in [-0.2, 0) is 6.42 Å². The van der Waals surface area contributed by atoms with Crippen molar-refractivity contribution in [2.45, 2.75) is 6.42 Å². The largest absolute Gasteiger partial charge is 0.496 e. The molecule has 7 heteroatoms. The van der Waals surface area contributed by atoms with Crippen molar-refractivity contribution in [3.05, 3.63) is 143 Å². The number of hydrazone groups is 1. The van der Waals surface area contributed by atoms with Gasteiger partial charge in [-0.1, -0.05) is 97.1 Å². The third-order valence-electron chi connectivity index (χ3n) is 6.25. The number of hydrogen-bond donors (Lipinski definition) is 2. The number of carbonyl (C=O) groups is 1. The molecule has 0 atom stereocenters. The van der Waals surface area contributed by atoms with Gasteiger partial charge in [-0.15, -0.1) is 10.2 Å². The Balaban J connectivity index is 1.60. The fraction of sp³-hybridized carbons (Fsp3) is 0.0625. The number of carboxylic acid groups (broad SMARTS) is 1. The van der Waals surface area contributed by atoms with Crippen LogP contribution < -0.4 is 10.2 Å². The molecule has 0 aliphatic rings. The smallest absolute Gasteiger partial charge is 0.336 e. The van der Waals surface area contributed by atoms with Crippen LogP contribution in [0.2, 0.25) is 0 Å². The van der Waals surface area contributed by atoms with Crippen molar-refractivity contribution in [3.63, 3.8) is 0 Å². The van der Waals surface area contributed by atoms with Crippen LogP contribution in [0.4, 0.5) is 5.82 Å². The van der Waals surface area contributed by atoms with Crippen molar-refractivity contribution in [2.24, 2.45) is 5.10 Å². The Labute approximate surface area is 226 Å². The van der Waals surface area contributed by atoms with Crippen LogP contribution in [0.3, 0.4) is 0 Å². The zero-order valence-corrected chi connectivity index (χ0v) is 21.3. The number of para-hydroxylation sites is 1. The summed E-state index contributed by atoms with van der Waals surface area (Å²) >= 11 is 0. The third-order valence-corrected chi connectivity index (χ3v) is 6.25. The Morgan fingerprint density at radius 1 is 0.795 bits per heavy atom. The number of nitrogens with one attached hydrogen (secondary N) is 1. The normalized spacial score (nSPS) is 11.2. The first-order valence-corrected chi connectivity index (χ1v) is 12.4. The molecule has 0 saturated carbocycles. The summed E-state index contributed by atoms with van der Waals surface area (Å²) in [4.78, 5) is 12.0. The minimum atomic E-state index is -1.03. The number of rotatable bonds is 9. The number of hydrogen-bond acceptors (Lipinski definition) is 6. The topological polar surface area (TPSA) is 96.7 Å². The molecule has 0 aliphatic heterocycles. The van der Waals surface area contributed by atoms with Crippen LogP contribution in [0, 0.1) is 0 Å². The number of carboxylic acids is 1. The molecule has 0 unspecified atom stereocenters. The molecule has 5 aromatic rings. The van der Waals surface area contributed by atoms with Gasteiger partial charge in [0.25, 0.3) is 0 Å². The molecule has 0 aliphatic carbocycles. The molecule has 1 heterocycles. The van der Waals surface area contributed by atoms with E-state index in [1.165, 1.54) is 0 Å². The number of nitrogens with zero attached hydrogens (tertiary/aromatic N) is 3. The van der Waals surface area contributed by atoms with Crippen LogP contribution >= 0.6 is 0 Å². The van der Waals surface area contributed by atoms with E-state index in [1.807, 2.05) is 91.0 Å². The average molecular weight is 515 g/mol. The molecule has 7 nitrogen and oxygen atoms in total. The van der Waals surface area contributed by atoms with E-state index in [0.717, 1.165) is 33.7 Å². The Morgan fingerprint density at radius 2 is 1.44 bits per heavy atom. The van der Waals surface area contributed by atoms with Gasteiger partial charge in [0, 0.05) is 28.7 Å². The molecule has 2 N–H and O–H groups in total. The zero-order chi connectivity index (χ0) is 27.0. The lowest BCUT2D eigenvalue weighted by atomic mass is 9.97. The lowest BCUT2D eigenvalue weighted by Crippen LogP contribution is -2.13. The Bertz CT molecular complexity index is 1620. The minimum Gasteiger partial charge on any atom is -0.496 e. The molecule has 0 amide bonds. The lowest BCUT2D eigenvalue weighted by molar-refractivity contribution is 0.0696. The van der Waals surface area contributed by atoms with Crippen LogP contribution in [0.25, 0.3) is 11.3 Å². The van der Waals surface area contributed by atoms with E-state index in [0.29, 0.717) is 23.5 Å². The van der Waals surface area contributed by atoms with Crippen molar-refractivity contribution < 1.29 is 14.6 Å². The van der Waals surface area contributed by atoms with E-state index in [4.69, 9.17) is 9.84 Å². The molecule has 0 radical (unpaired) electrons. The number of aromatic carboxylic acids is 1. The van der Waals surface area contributed by atoms with Gasteiger partial charge in [-0.05, 0) is 23.8 Å². The summed E-state index contributed by atoms with van der Waals surface area (Å²) < 4.78 is 5.58. The van der Waals surface area contributed by atoms with E-state index in [9.17, 15) is 9.90 Å². The van der Waals surface area contributed by atoms with E-state index >= 15 is 0 Å². The second-order valence-electron chi connectivity index (χ2n) is 8.75. The van der Waals surface area contributed by atoms with Gasteiger partial charge >= 0.3 is 5.97 Å². The predicted octanol–water partition coefficient (Wildman–Crippen LogP) is 6.31. The second kappa shape index (κ2) is 11.8. The summed E-state index contributed by atoms with van der Waals surface area (Å²) in [5, 5.41) is 23.5. The number of methoxy groups -OCH3 is 1. The fourth-order valence-corrected chi connectivity index (χ4v) is 4.32. The highest BCUT2D eigenvalue weighted by Gasteiger charge is 2.17. The molecular weight excluding hydrogens is 488 g/mol. The number of benzene rings is 4. The molecule has 5 rings (SSSR count). The van der Waals surface area contributed by atoms with Crippen LogP contribution in [0.15, 0.2) is 120 Å². The molecule has 0 spiro atoms. The highest BCUT2D eigenvalue weighted by atomic mass is 16.5. The molecule has 0 bridgehead atoms.